The summed E-state index contributed by atoms with van der Waals surface area (Å²) in [5.41, 5.74) is 0.160. The lowest BCUT2D eigenvalue weighted by atomic mass is 10.3. The highest BCUT2D eigenvalue weighted by molar-refractivity contribution is 5.50. The molecule has 0 radical (unpaired) electrons. The lowest BCUT2D eigenvalue weighted by Crippen LogP contribution is -2.16. The standard InChI is InChI=1S/C8H5F3N2O/c9-8(10,11)13-4-3-6(12-13)7-2-1-5-14-7/h1-5H. The molecule has 2 aromatic rings. The van der Waals surface area contributed by atoms with Gasteiger partial charge in [0.1, 0.15) is 5.69 Å². The second-order valence-corrected chi connectivity index (χ2v) is 2.59. The van der Waals surface area contributed by atoms with Crippen molar-refractivity contribution in [2.24, 2.45) is 0 Å². The molecule has 6 heteroatoms. The van der Waals surface area contributed by atoms with Gasteiger partial charge in [-0.05, 0) is 18.2 Å². The van der Waals surface area contributed by atoms with Gasteiger partial charge in [-0.15, -0.1) is 13.2 Å². The lowest BCUT2D eigenvalue weighted by Gasteiger charge is -2.03. The SMILES string of the molecule is FC(F)(F)n1ccc(-c2ccco2)n1. The van der Waals surface area contributed by atoms with Gasteiger partial charge < -0.3 is 4.42 Å². The van der Waals surface area contributed by atoms with Crippen molar-refractivity contribution in [3.05, 3.63) is 30.7 Å². The molecule has 0 saturated heterocycles. The number of alkyl halides is 3. The summed E-state index contributed by atoms with van der Waals surface area (Å²) in [6.07, 6.45) is -2.26. The summed E-state index contributed by atoms with van der Waals surface area (Å²) < 4.78 is 41.2. The number of rotatable bonds is 1. The van der Waals surface area contributed by atoms with Crippen LogP contribution < -0.4 is 0 Å². The average Bonchev–Trinajstić information content (AvgIpc) is 2.73. The van der Waals surface area contributed by atoms with Gasteiger partial charge in [-0.2, -0.15) is 9.78 Å². The van der Waals surface area contributed by atoms with E-state index in [0.717, 1.165) is 6.20 Å². The van der Waals surface area contributed by atoms with Gasteiger partial charge in [0, 0.05) is 6.20 Å². The van der Waals surface area contributed by atoms with E-state index >= 15 is 0 Å². The van der Waals surface area contributed by atoms with Crippen LogP contribution in [0.4, 0.5) is 13.2 Å². The van der Waals surface area contributed by atoms with Gasteiger partial charge in [-0.3, -0.25) is 0 Å². The van der Waals surface area contributed by atoms with Crippen molar-refractivity contribution in [3.63, 3.8) is 0 Å². The first-order valence-corrected chi connectivity index (χ1v) is 3.74. The molecule has 14 heavy (non-hydrogen) atoms. The molecular formula is C8H5F3N2O. The maximum Gasteiger partial charge on any atom is 0.504 e. The van der Waals surface area contributed by atoms with E-state index in [4.69, 9.17) is 4.42 Å². The Labute approximate surface area is 76.8 Å². The van der Waals surface area contributed by atoms with Gasteiger partial charge in [0.2, 0.25) is 0 Å². The zero-order valence-corrected chi connectivity index (χ0v) is 6.82. The molecule has 2 aromatic heterocycles. The minimum Gasteiger partial charge on any atom is -0.463 e. The predicted molar refractivity (Wildman–Crippen MR) is 41.2 cm³/mol. The molecule has 74 valence electrons. The van der Waals surface area contributed by atoms with Crippen LogP contribution >= 0.6 is 0 Å². The summed E-state index contributed by atoms with van der Waals surface area (Å²) >= 11 is 0. The number of halogens is 3. The molecule has 0 bridgehead atoms. The minimum absolute atomic E-state index is 0.0646. The summed E-state index contributed by atoms with van der Waals surface area (Å²) in [6, 6.07) is 4.37. The predicted octanol–water partition coefficient (Wildman–Crippen LogP) is 2.62. The Morgan fingerprint density at radius 1 is 1.29 bits per heavy atom. The van der Waals surface area contributed by atoms with Gasteiger partial charge >= 0.3 is 6.30 Å². The number of furan rings is 1. The van der Waals surface area contributed by atoms with Crippen LogP contribution in [0, 0.1) is 0 Å². The van der Waals surface area contributed by atoms with Crippen LogP contribution in [0.15, 0.2) is 35.1 Å². The van der Waals surface area contributed by atoms with E-state index in [0.29, 0.717) is 5.76 Å². The second kappa shape index (κ2) is 2.90. The summed E-state index contributed by atoms with van der Waals surface area (Å²) in [4.78, 5) is 0. The van der Waals surface area contributed by atoms with Gasteiger partial charge in [0.05, 0.1) is 6.26 Å². The van der Waals surface area contributed by atoms with Crippen molar-refractivity contribution in [1.82, 2.24) is 9.78 Å². The maximum atomic E-state index is 12.1. The van der Waals surface area contributed by atoms with Crippen LogP contribution in [-0.2, 0) is 6.30 Å². The molecule has 0 N–H and O–H groups in total. The van der Waals surface area contributed by atoms with Crippen LogP contribution in [0.3, 0.4) is 0 Å². The van der Waals surface area contributed by atoms with Crippen LogP contribution in [0.2, 0.25) is 0 Å². The maximum absolute atomic E-state index is 12.1. The summed E-state index contributed by atoms with van der Waals surface area (Å²) in [5, 5.41) is 3.32. The van der Waals surface area contributed by atoms with E-state index < -0.39 is 6.30 Å². The van der Waals surface area contributed by atoms with E-state index in [-0.39, 0.29) is 10.4 Å². The van der Waals surface area contributed by atoms with Crippen molar-refractivity contribution >= 4 is 0 Å². The third kappa shape index (κ3) is 1.50. The van der Waals surface area contributed by atoms with E-state index in [1.165, 1.54) is 12.3 Å². The Bertz CT molecular complexity index is 416. The zero-order valence-electron chi connectivity index (χ0n) is 6.82. The third-order valence-electron chi connectivity index (χ3n) is 1.62. The minimum atomic E-state index is -4.48. The fraction of sp³-hybridized carbons (Fsp3) is 0.125. The van der Waals surface area contributed by atoms with Crippen molar-refractivity contribution in [1.29, 1.82) is 0 Å². The molecule has 0 spiro atoms. The Balaban J connectivity index is 2.36. The van der Waals surface area contributed by atoms with Crippen LogP contribution in [0.5, 0.6) is 0 Å². The average molecular weight is 202 g/mol. The molecule has 0 unspecified atom stereocenters. The largest absolute Gasteiger partial charge is 0.504 e. The van der Waals surface area contributed by atoms with Crippen molar-refractivity contribution in [2.75, 3.05) is 0 Å². The molecule has 0 aliphatic rings. The third-order valence-corrected chi connectivity index (χ3v) is 1.62. The smallest absolute Gasteiger partial charge is 0.463 e. The monoisotopic (exact) mass is 202 g/mol. The molecular weight excluding hydrogens is 197 g/mol. The van der Waals surface area contributed by atoms with Crippen molar-refractivity contribution in [3.8, 4) is 11.5 Å². The van der Waals surface area contributed by atoms with Crippen molar-refractivity contribution in [2.45, 2.75) is 6.30 Å². The van der Waals surface area contributed by atoms with Crippen LogP contribution in [0.25, 0.3) is 11.5 Å². The second-order valence-electron chi connectivity index (χ2n) is 2.59. The Morgan fingerprint density at radius 3 is 2.57 bits per heavy atom. The summed E-state index contributed by atoms with van der Waals surface area (Å²) in [6.45, 7) is 0. The fourth-order valence-electron chi connectivity index (χ4n) is 1.02. The molecule has 0 aliphatic heterocycles. The highest BCUT2D eigenvalue weighted by atomic mass is 19.4. The molecule has 0 amide bonds. The van der Waals surface area contributed by atoms with E-state index in [1.54, 1.807) is 12.1 Å². The lowest BCUT2D eigenvalue weighted by molar-refractivity contribution is -0.212. The van der Waals surface area contributed by atoms with E-state index in [2.05, 4.69) is 5.10 Å². The topological polar surface area (TPSA) is 31.0 Å². The molecule has 0 aliphatic carbocycles. The molecule has 0 saturated carbocycles. The first-order valence-electron chi connectivity index (χ1n) is 3.74. The Hall–Kier alpha value is -1.72. The Morgan fingerprint density at radius 2 is 2.07 bits per heavy atom. The molecule has 0 fully saturated rings. The molecule has 2 heterocycles. The summed E-state index contributed by atoms with van der Waals surface area (Å²) in [7, 11) is 0. The fourth-order valence-corrected chi connectivity index (χ4v) is 1.02. The molecule has 2 rings (SSSR count). The van der Waals surface area contributed by atoms with Gasteiger partial charge in [0.25, 0.3) is 0 Å². The Kier molecular flexibility index (Phi) is 1.83. The van der Waals surface area contributed by atoms with E-state index in [1.807, 2.05) is 0 Å². The molecule has 0 atom stereocenters. The van der Waals surface area contributed by atoms with Crippen LogP contribution in [0.1, 0.15) is 0 Å². The highest BCUT2D eigenvalue weighted by Gasteiger charge is 2.31. The van der Waals surface area contributed by atoms with Gasteiger partial charge in [0.15, 0.2) is 5.76 Å². The normalized spacial score (nSPS) is 11.9. The van der Waals surface area contributed by atoms with Gasteiger partial charge in [-0.1, -0.05) is 0 Å². The molecule has 3 nitrogen and oxygen atoms in total. The van der Waals surface area contributed by atoms with E-state index in [9.17, 15) is 13.2 Å². The van der Waals surface area contributed by atoms with Crippen LogP contribution in [-0.4, -0.2) is 9.78 Å². The van der Waals surface area contributed by atoms with Crippen molar-refractivity contribution < 1.29 is 17.6 Å². The number of hydrogen-bond acceptors (Lipinski definition) is 2. The first-order chi connectivity index (χ1) is 6.57. The quantitative estimate of drug-likeness (QED) is 0.711. The highest BCUT2D eigenvalue weighted by Crippen LogP contribution is 2.24. The number of nitrogens with zero attached hydrogens (tertiary/aromatic N) is 2. The zero-order chi connectivity index (χ0) is 10.2. The van der Waals surface area contributed by atoms with Gasteiger partial charge in [-0.25, -0.2) is 0 Å². The first kappa shape index (κ1) is 8.86. The summed E-state index contributed by atoms with van der Waals surface area (Å²) in [5.74, 6) is 0.313. The number of hydrogen-bond donors (Lipinski definition) is 0. The number of aromatic nitrogens is 2. The molecule has 0 aromatic carbocycles.